The lowest BCUT2D eigenvalue weighted by Gasteiger charge is -2.39. The minimum absolute atomic E-state index is 0.255. The van der Waals surface area contributed by atoms with Gasteiger partial charge in [0, 0.05) is 42.8 Å². The van der Waals surface area contributed by atoms with Gasteiger partial charge in [-0.15, -0.1) is 0 Å². The summed E-state index contributed by atoms with van der Waals surface area (Å²) < 4.78 is 0. The summed E-state index contributed by atoms with van der Waals surface area (Å²) in [7, 11) is 0. The Kier molecular flexibility index (Phi) is 2.18. The number of aromatic nitrogens is 2. The lowest BCUT2D eigenvalue weighted by molar-refractivity contribution is -0.142. The highest BCUT2D eigenvalue weighted by atomic mass is 16.4. The molecule has 0 aromatic carbocycles. The Hall–Kier alpha value is -2.17. The van der Waals surface area contributed by atoms with Gasteiger partial charge in [0.1, 0.15) is 0 Å². The second kappa shape index (κ2) is 3.69. The fourth-order valence-electron chi connectivity index (χ4n) is 2.08. The van der Waals surface area contributed by atoms with Gasteiger partial charge in [0.15, 0.2) is 0 Å². The van der Waals surface area contributed by atoms with Crippen molar-refractivity contribution in [3.05, 3.63) is 30.7 Å². The number of nitrogens with zero attached hydrogens (tertiary/aromatic N) is 3. The van der Waals surface area contributed by atoms with Crippen LogP contribution in [0.4, 0.5) is 5.69 Å². The zero-order valence-corrected chi connectivity index (χ0v) is 9.08. The van der Waals surface area contributed by atoms with Crippen molar-refractivity contribution in [1.29, 1.82) is 0 Å². The summed E-state index contributed by atoms with van der Waals surface area (Å²) in [6.45, 7) is 1.12. The normalized spacial score (nSPS) is 15.9. The van der Waals surface area contributed by atoms with Crippen LogP contribution in [0.5, 0.6) is 0 Å². The molecule has 1 aliphatic rings. The molecule has 2 aromatic rings. The van der Waals surface area contributed by atoms with Crippen molar-refractivity contribution in [3.8, 4) is 0 Å². The lowest BCUT2D eigenvalue weighted by atomic mass is 9.99. The third kappa shape index (κ3) is 1.60. The number of anilines is 1. The van der Waals surface area contributed by atoms with Crippen LogP contribution >= 0.6 is 0 Å². The molecule has 0 aliphatic carbocycles. The van der Waals surface area contributed by atoms with Crippen LogP contribution in [0.25, 0.3) is 10.9 Å². The Bertz CT molecular complexity index is 573. The topological polar surface area (TPSA) is 66.3 Å². The summed E-state index contributed by atoms with van der Waals surface area (Å²) in [5.74, 6) is -0.979. The standard InChI is InChI=1S/C12H11N3O2/c16-12(17)8-6-15(7-8)11-2-4-14-10-1-3-13-5-9(10)11/h1-5,8H,6-7H2,(H,16,17). The van der Waals surface area contributed by atoms with Crippen LogP contribution in [0.1, 0.15) is 0 Å². The van der Waals surface area contributed by atoms with Crippen molar-refractivity contribution in [1.82, 2.24) is 9.97 Å². The van der Waals surface area contributed by atoms with Crippen molar-refractivity contribution in [2.24, 2.45) is 5.92 Å². The van der Waals surface area contributed by atoms with Crippen LogP contribution < -0.4 is 4.90 Å². The van der Waals surface area contributed by atoms with E-state index in [1.165, 1.54) is 0 Å². The first kappa shape index (κ1) is 10.0. The number of carboxylic acids is 1. The van der Waals surface area contributed by atoms with Crippen LogP contribution in [0.3, 0.4) is 0 Å². The molecular formula is C12H11N3O2. The molecule has 0 spiro atoms. The maximum absolute atomic E-state index is 10.8. The monoisotopic (exact) mass is 229 g/mol. The van der Waals surface area contributed by atoms with Crippen LogP contribution in [-0.2, 0) is 4.79 Å². The van der Waals surface area contributed by atoms with Crippen molar-refractivity contribution in [2.75, 3.05) is 18.0 Å². The molecule has 0 atom stereocenters. The second-order valence-electron chi connectivity index (χ2n) is 4.16. The molecule has 0 amide bonds. The third-order valence-electron chi connectivity index (χ3n) is 3.09. The van der Waals surface area contributed by atoms with Gasteiger partial charge in [-0.2, -0.15) is 0 Å². The number of fused-ring (bicyclic) bond motifs is 1. The quantitative estimate of drug-likeness (QED) is 0.836. The average molecular weight is 229 g/mol. The number of rotatable bonds is 2. The molecule has 1 saturated heterocycles. The van der Waals surface area contributed by atoms with E-state index in [-0.39, 0.29) is 5.92 Å². The minimum atomic E-state index is -0.724. The molecule has 1 fully saturated rings. The molecule has 0 unspecified atom stereocenters. The summed E-state index contributed by atoms with van der Waals surface area (Å²) >= 11 is 0. The van der Waals surface area contributed by atoms with E-state index in [0.29, 0.717) is 13.1 Å². The van der Waals surface area contributed by atoms with Crippen LogP contribution in [0, 0.1) is 5.92 Å². The molecular weight excluding hydrogens is 218 g/mol. The zero-order valence-electron chi connectivity index (χ0n) is 9.08. The van der Waals surface area contributed by atoms with Gasteiger partial charge in [-0.1, -0.05) is 0 Å². The highest BCUT2D eigenvalue weighted by molar-refractivity contribution is 5.91. The molecule has 3 rings (SSSR count). The highest BCUT2D eigenvalue weighted by Gasteiger charge is 2.33. The van der Waals surface area contributed by atoms with Gasteiger partial charge in [0.05, 0.1) is 11.4 Å². The third-order valence-corrected chi connectivity index (χ3v) is 3.09. The van der Waals surface area contributed by atoms with Gasteiger partial charge in [0.2, 0.25) is 0 Å². The molecule has 5 nitrogen and oxygen atoms in total. The van der Waals surface area contributed by atoms with Crippen molar-refractivity contribution in [3.63, 3.8) is 0 Å². The summed E-state index contributed by atoms with van der Waals surface area (Å²) in [6.07, 6.45) is 5.22. The average Bonchev–Trinajstić information content (AvgIpc) is 2.27. The lowest BCUT2D eigenvalue weighted by Crippen LogP contribution is -2.50. The van der Waals surface area contributed by atoms with Gasteiger partial charge in [-0.3, -0.25) is 14.8 Å². The largest absolute Gasteiger partial charge is 0.481 e. The van der Waals surface area contributed by atoms with Gasteiger partial charge in [-0.05, 0) is 12.1 Å². The Morgan fingerprint density at radius 1 is 1.35 bits per heavy atom. The Labute approximate surface area is 97.7 Å². The van der Waals surface area contributed by atoms with E-state index in [4.69, 9.17) is 5.11 Å². The van der Waals surface area contributed by atoms with Gasteiger partial charge < -0.3 is 10.0 Å². The first-order valence-corrected chi connectivity index (χ1v) is 5.42. The number of hydrogen-bond acceptors (Lipinski definition) is 4. The molecule has 5 heteroatoms. The Balaban J connectivity index is 1.94. The summed E-state index contributed by atoms with van der Waals surface area (Å²) in [6, 6.07) is 3.76. The van der Waals surface area contributed by atoms with E-state index in [9.17, 15) is 4.79 Å². The molecule has 0 saturated carbocycles. The molecule has 17 heavy (non-hydrogen) atoms. The number of aliphatic carboxylic acids is 1. The van der Waals surface area contributed by atoms with E-state index < -0.39 is 5.97 Å². The molecule has 1 N–H and O–H groups in total. The molecule has 0 radical (unpaired) electrons. The molecule has 2 aromatic heterocycles. The first-order valence-electron chi connectivity index (χ1n) is 5.42. The Morgan fingerprint density at radius 3 is 2.94 bits per heavy atom. The smallest absolute Gasteiger partial charge is 0.310 e. The zero-order chi connectivity index (χ0) is 11.8. The van der Waals surface area contributed by atoms with Gasteiger partial charge in [0.25, 0.3) is 0 Å². The number of pyridine rings is 2. The van der Waals surface area contributed by atoms with Crippen LogP contribution in [0.2, 0.25) is 0 Å². The number of hydrogen-bond donors (Lipinski definition) is 1. The summed E-state index contributed by atoms with van der Waals surface area (Å²) in [5.41, 5.74) is 1.90. The molecule has 1 aliphatic heterocycles. The summed E-state index contributed by atoms with van der Waals surface area (Å²) in [4.78, 5) is 21.2. The highest BCUT2D eigenvalue weighted by Crippen LogP contribution is 2.30. The fraction of sp³-hybridized carbons (Fsp3) is 0.250. The summed E-state index contributed by atoms with van der Waals surface area (Å²) in [5, 5.41) is 9.83. The van der Waals surface area contributed by atoms with E-state index in [1.807, 2.05) is 17.0 Å². The van der Waals surface area contributed by atoms with E-state index in [1.54, 1.807) is 18.6 Å². The van der Waals surface area contributed by atoms with E-state index in [0.717, 1.165) is 16.6 Å². The van der Waals surface area contributed by atoms with Crippen LogP contribution in [-0.4, -0.2) is 34.1 Å². The second-order valence-corrected chi connectivity index (χ2v) is 4.16. The van der Waals surface area contributed by atoms with Gasteiger partial charge >= 0.3 is 5.97 Å². The number of carboxylic acid groups (broad SMARTS) is 1. The first-order chi connectivity index (χ1) is 8.25. The minimum Gasteiger partial charge on any atom is -0.481 e. The number of carbonyl (C=O) groups is 1. The molecule has 0 bridgehead atoms. The van der Waals surface area contributed by atoms with Crippen LogP contribution in [0.15, 0.2) is 30.7 Å². The Morgan fingerprint density at radius 2 is 2.18 bits per heavy atom. The van der Waals surface area contributed by atoms with Crippen molar-refractivity contribution >= 4 is 22.6 Å². The maximum Gasteiger partial charge on any atom is 0.310 e. The fourth-order valence-corrected chi connectivity index (χ4v) is 2.08. The predicted molar refractivity (Wildman–Crippen MR) is 62.9 cm³/mol. The predicted octanol–water partition coefficient (Wildman–Crippen LogP) is 1.15. The molecule has 86 valence electrons. The molecule has 3 heterocycles. The SMILES string of the molecule is O=C(O)C1CN(c2ccnc3ccncc23)C1. The van der Waals surface area contributed by atoms with Crippen molar-refractivity contribution in [2.45, 2.75) is 0 Å². The van der Waals surface area contributed by atoms with E-state index in [2.05, 4.69) is 9.97 Å². The maximum atomic E-state index is 10.8. The van der Waals surface area contributed by atoms with Crippen molar-refractivity contribution < 1.29 is 9.90 Å². The van der Waals surface area contributed by atoms with E-state index >= 15 is 0 Å². The van der Waals surface area contributed by atoms with Gasteiger partial charge in [-0.25, -0.2) is 0 Å².